The van der Waals surface area contributed by atoms with Gasteiger partial charge in [0.15, 0.2) is 0 Å². The van der Waals surface area contributed by atoms with Gasteiger partial charge in [0, 0.05) is 5.18 Å². The zero-order valence-electron chi connectivity index (χ0n) is 4.31. The van der Waals surface area contributed by atoms with Gasteiger partial charge in [-0.2, -0.15) is 22.8 Å². The van der Waals surface area contributed by atoms with E-state index >= 15 is 0 Å². The third-order valence-corrected chi connectivity index (χ3v) is 0.633. The largest absolute Gasteiger partial charge is 0.453 e. The molecule has 0 aliphatic heterocycles. The maximum atomic E-state index is 11.5. The van der Waals surface area contributed by atoms with E-state index in [2.05, 4.69) is 0 Å². The molecule has 0 atom stereocenters. The number of halogens is 4. The lowest BCUT2D eigenvalue weighted by molar-refractivity contribution is -0.169. The van der Waals surface area contributed by atoms with Crippen LogP contribution in [-0.2, 0) is 0 Å². The third-order valence-electron chi connectivity index (χ3n) is 0.633. The highest BCUT2D eigenvalue weighted by molar-refractivity contribution is 5.00. The summed E-state index contributed by atoms with van der Waals surface area (Å²) in [5.41, 5.74) is 0. The molecule has 0 rings (SSSR count). The van der Waals surface area contributed by atoms with Crippen molar-refractivity contribution in [1.82, 2.24) is 0 Å². The minimum atomic E-state index is -5.14. The van der Waals surface area contributed by atoms with Crippen molar-refractivity contribution < 1.29 is 17.6 Å². The fourth-order valence-corrected chi connectivity index (χ4v) is 0.125. The van der Waals surface area contributed by atoms with Crippen molar-refractivity contribution >= 4 is 0 Å². The smallest absolute Gasteiger partial charge is 0.191 e. The van der Waals surface area contributed by atoms with Crippen LogP contribution in [0.4, 0.5) is 17.6 Å². The van der Waals surface area contributed by atoms with Crippen LogP contribution >= 0.6 is 0 Å². The molecule has 0 aromatic carbocycles. The SMILES string of the molecule is N#CC(F)(F)C(F)(F)N=O. The summed E-state index contributed by atoms with van der Waals surface area (Å²) in [5.74, 6) is -5.02. The Balaban J connectivity index is 4.65. The van der Waals surface area contributed by atoms with Gasteiger partial charge >= 0.3 is 12.0 Å². The average Bonchev–Trinajstić information content (AvgIpc) is 1.88. The molecule has 0 saturated carbocycles. The standard InChI is InChI=1S/C3F4N2O/c4-2(5,1-8)3(6,7)9-10. The topological polar surface area (TPSA) is 53.2 Å². The molecule has 0 radical (unpaired) electrons. The van der Waals surface area contributed by atoms with Crippen molar-refractivity contribution in [3.63, 3.8) is 0 Å². The van der Waals surface area contributed by atoms with Crippen molar-refractivity contribution in [2.24, 2.45) is 5.18 Å². The summed E-state index contributed by atoms with van der Waals surface area (Å²) in [7, 11) is 0. The third kappa shape index (κ3) is 1.21. The molecule has 10 heavy (non-hydrogen) atoms. The number of nitroso groups, excluding NO2 is 1. The van der Waals surface area contributed by atoms with Crippen LogP contribution in [0.3, 0.4) is 0 Å². The Morgan fingerprint density at radius 2 is 1.70 bits per heavy atom. The highest BCUT2D eigenvalue weighted by Gasteiger charge is 2.59. The van der Waals surface area contributed by atoms with Gasteiger partial charge in [-0.25, -0.2) is 0 Å². The minimum Gasteiger partial charge on any atom is -0.191 e. The van der Waals surface area contributed by atoms with E-state index < -0.39 is 12.0 Å². The summed E-state index contributed by atoms with van der Waals surface area (Å²) >= 11 is 0. The van der Waals surface area contributed by atoms with Crippen LogP contribution < -0.4 is 0 Å². The van der Waals surface area contributed by atoms with Crippen LogP contribution in [0.2, 0.25) is 0 Å². The first kappa shape index (κ1) is 8.81. The lowest BCUT2D eigenvalue weighted by Gasteiger charge is -2.11. The van der Waals surface area contributed by atoms with E-state index in [1.807, 2.05) is 0 Å². The van der Waals surface area contributed by atoms with Crippen LogP contribution in [0, 0.1) is 16.2 Å². The molecule has 0 saturated heterocycles. The molecule has 0 bridgehead atoms. The minimum absolute atomic E-state index is 0.0446. The van der Waals surface area contributed by atoms with Gasteiger partial charge in [-0.15, -0.1) is 4.91 Å². The Bertz CT molecular complexity index is 183. The molecule has 0 aliphatic carbocycles. The van der Waals surface area contributed by atoms with E-state index in [0.717, 1.165) is 5.18 Å². The first-order valence-electron chi connectivity index (χ1n) is 1.89. The Hall–Kier alpha value is -1.19. The average molecular weight is 156 g/mol. The van der Waals surface area contributed by atoms with Crippen LogP contribution in [0.1, 0.15) is 0 Å². The Kier molecular flexibility index (Phi) is 1.94. The predicted molar refractivity (Wildman–Crippen MR) is 21.3 cm³/mol. The molecule has 3 nitrogen and oxygen atoms in total. The first-order chi connectivity index (χ1) is 4.37. The first-order valence-corrected chi connectivity index (χ1v) is 1.89. The van der Waals surface area contributed by atoms with E-state index in [0.29, 0.717) is 0 Å². The van der Waals surface area contributed by atoms with Crippen LogP contribution in [0.25, 0.3) is 0 Å². The van der Waals surface area contributed by atoms with Gasteiger partial charge < -0.3 is 0 Å². The number of nitriles is 1. The Morgan fingerprint density at radius 1 is 1.30 bits per heavy atom. The second kappa shape index (κ2) is 2.21. The fraction of sp³-hybridized carbons (Fsp3) is 0.667. The zero-order valence-corrected chi connectivity index (χ0v) is 4.31. The highest BCUT2D eigenvalue weighted by atomic mass is 19.3. The number of nitrogens with zero attached hydrogens (tertiary/aromatic N) is 2. The highest BCUT2D eigenvalue weighted by Crippen LogP contribution is 2.33. The van der Waals surface area contributed by atoms with Crippen LogP contribution in [-0.4, -0.2) is 12.0 Å². The number of hydrogen-bond acceptors (Lipinski definition) is 3. The molecule has 0 aromatic rings. The maximum absolute atomic E-state index is 11.5. The zero-order chi connectivity index (χ0) is 8.41. The van der Waals surface area contributed by atoms with Gasteiger partial charge in [0.2, 0.25) is 0 Å². The van der Waals surface area contributed by atoms with Gasteiger partial charge in [0.1, 0.15) is 6.07 Å². The van der Waals surface area contributed by atoms with Crippen molar-refractivity contribution in [3.8, 4) is 6.07 Å². The van der Waals surface area contributed by atoms with Crippen molar-refractivity contribution in [1.29, 1.82) is 5.26 Å². The van der Waals surface area contributed by atoms with Crippen molar-refractivity contribution in [3.05, 3.63) is 4.91 Å². The Labute approximate surface area is 52.2 Å². The second-order valence-electron chi connectivity index (χ2n) is 1.32. The summed E-state index contributed by atoms with van der Waals surface area (Å²) in [6.45, 7) is 0. The molecule has 0 unspecified atom stereocenters. The van der Waals surface area contributed by atoms with Crippen LogP contribution in [0.15, 0.2) is 5.18 Å². The van der Waals surface area contributed by atoms with Crippen LogP contribution in [0.5, 0.6) is 0 Å². The van der Waals surface area contributed by atoms with Gasteiger partial charge in [-0.05, 0) is 0 Å². The molecule has 0 amide bonds. The van der Waals surface area contributed by atoms with E-state index in [9.17, 15) is 17.6 Å². The van der Waals surface area contributed by atoms with Gasteiger partial charge in [0.25, 0.3) is 0 Å². The van der Waals surface area contributed by atoms with Crippen molar-refractivity contribution in [2.45, 2.75) is 12.0 Å². The predicted octanol–water partition coefficient (Wildman–Crippen LogP) is 1.50. The summed E-state index contributed by atoms with van der Waals surface area (Å²) in [4.78, 5) is 9.00. The fourth-order valence-electron chi connectivity index (χ4n) is 0.125. The summed E-state index contributed by atoms with van der Waals surface area (Å²) in [5, 5.41) is 8.19. The van der Waals surface area contributed by atoms with Crippen molar-refractivity contribution in [2.75, 3.05) is 0 Å². The lowest BCUT2D eigenvalue weighted by Crippen LogP contribution is -2.36. The maximum Gasteiger partial charge on any atom is 0.453 e. The second-order valence-corrected chi connectivity index (χ2v) is 1.32. The van der Waals surface area contributed by atoms with E-state index in [1.165, 1.54) is 0 Å². The quantitative estimate of drug-likeness (QED) is 0.345. The molecule has 0 spiro atoms. The van der Waals surface area contributed by atoms with E-state index in [1.54, 1.807) is 0 Å². The summed E-state index contributed by atoms with van der Waals surface area (Å²) in [6.07, 6.45) is 0. The molecular weight excluding hydrogens is 156 g/mol. The molecule has 0 aromatic heterocycles. The normalized spacial score (nSPS) is 12.3. The molecule has 0 aliphatic rings. The van der Waals surface area contributed by atoms with E-state index in [-0.39, 0.29) is 6.07 Å². The lowest BCUT2D eigenvalue weighted by atomic mass is 10.3. The summed E-state index contributed by atoms with van der Waals surface area (Å²) in [6, 6.07) is -5.18. The monoisotopic (exact) mass is 156 g/mol. The molecule has 7 heteroatoms. The summed E-state index contributed by atoms with van der Waals surface area (Å²) < 4.78 is 46.0. The van der Waals surface area contributed by atoms with Gasteiger partial charge in [0.05, 0.1) is 0 Å². The molecule has 56 valence electrons. The number of rotatable bonds is 2. The number of alkyl halides is 4. The number of hydrogen-bond donors (Lipinski definition) is 0. The molecule has 0 fully saturated rings. The molecule has 0 heterocycles. The van der Waals surface area contributed by atoms with Gasteiger partial charge in [-0.1, -0.05) is 0 Å². The molecule has 0 N–H and O–H groups in total. The Morgan fingerprint density at radius 3 is 1.80 bits per heavy atom. The van der Waals surface area contributed by atoms with E-state index in [4.69, 9.17) is 10.2 Å². The molecular formula is C3F4N2O. The van der Waals surface area contributed by atoms with Gasteiger partial charge in [-0.3, -0.25) is 0 Å².